The number of carboxylic acids is 1. The molecule has 0 aliphatic carbocycles. The SMILES string of the molecule is CC/C=C\C/C=C\C/C=C\C/C=C\C/C=C\C/C=C\CCC(=O)NCCCC[C@H](CC(=O)[C@H](CCCCNC(=O)CC/C=C\C/C=C\C/C=C\C/C=C\C/C=C\C/C=C\CC)NC(=O)CC/C=C\C/C=C\C/C=C\C/C=C\C/C=C\C/C=C\CC)C(=O)O. The van der Waals surface area contributed by atoms with Crippen molar-refractivity contribution in [3.63, 3.8) is 0 Å². The zero-order valence-electron chi connectivity index (χ0n) is 54.8. The van der Waals surface area contributed by atoms with Gasteiger partial charge in [0.25, 0.3) is 0 Å². The zero-order valence-corrected chi connectivity index (χ0v) is 54.8. The number of nitrogens with one attached hydrogen (secondary N) is 3. The van der Waals surface area contributed by atoms with Gasteiger partial charge >= 0.3 is 5.97 Å². The monoisotopic (exact) mass is 1200 g/mol. The van der Waals surface area contributed by atoms with E-state index < -0.39 is 17.9 Å². The number of hydrogen-bond acceptors (Lipinski definition) is 5. The summed E-state index contributed by atoms with van der Waals surface area (Å²) in [5.41, 5.74) is 0. The standard InChI is InChI=1S/C79H117N3O6/c1-4-7-10-13-16-19-22-25-28-31-34-37-40-43-46-49-52-55-58-67-76(84)80-70-63-61-65-73(79(87)88)72-75(83)74(82-78(86)69-60-57-54-51-48-45-42-39-36-33-30-27-24-21-18-15-12-9-6-3)66-62-64-71-81-77(85)68-59-56-53-50-47-44-41-38-35-32-29-26-23-20-17-14-11-8-5-2/h7-12,16-21,25-30,34-39,43-48,52-57,73-74H,4-6,13-15,22-24,31-33,40-42,49-51,58-72H2,1-3H3,(H,80,84)(H,81,85)(H,82,86)(H,87,88)/b10-7-,11-8-,12-9-,19-16-,20-17-,21-18-,28-25-,29-26-,30-27-,37-34-,38-35-,39-36-,46-43-,47-44-,48-45-,55-52-,56-53-,57-54-/t73-,74+/m1/s1. The van der Waals surface area contributed by atoms with Crippen LogP contribution < -0.4 is 16.0 Å². The summed E-state index contributed by atoms with van der Waals surface area (Å²) >= 11 is 0. The molecule has 0 saturated heterocycles. The Balaban J connectivity index is 4.96. The minimum atomic E-state index is -1.05. The van der Waals surface area contributed by atoms with E-state index in [2.05, 4.69) is 231 Å². The lowest BCUT2D eigenvalue weighted by Gasteiger charge is -2.20. The van der Waals surface area contributed by atoms with E-state index in [1.54, 1.807) is 0 Å². The second-order valence-corrected chi connectivity index (χ2v) is 21.4. The zero-order chi connectivity index (χ0) is 64.0. The lowest BCUT2D eigenvalue weighted by atomic mass is 9.92. The molecular weight excluding hydrogens is 1090 g/mol. The highest BCUT2D eigenvalue weighted by atomic mass is 16.4. The number of amides is 3. The van der Waals surface area contributed by atoms with E-state index in [-0.39, 0.29) is 42.8 Å². The summed E-state index contributed by atoms with van der Waals surface area (Å²) in [6, 6.07) is -0.830. The molecule has 0 unspecified atom stereocenters. The molecule has 9 nitrogen and oxygen atoms in total. The number of carbonyl (C=O) groups excluding carboxylic acids is 4. The number of rotatable bonds is 57. The molecule has 0 spiro atoms. The Morgan fingerprint density at radius 1 is 0.307 bits per heavy atom. The molecule has 88 heavy (non-hydrogen) atoms. The summed E-state index contributed by atoms with van der Waals surface area (Å²) in [6.45, 7) is 7.30. The molecule has 0 saturated carbocycles. The molecule has 9 heteroatoms. The fraction of sp³-hybridized carbons (Fsp3) is 0.481. The van der Waals surface area contributed by atoms with Gasteiger partial charge < -0.3 is 21.1 Å². The maximum atomic E-state index is 13.8. The summed E-state index contributed by atoms with van der Waals surface area (Å²) in [6.07, 6.45) is 99.7. The van der Waals surface area contributed by atoms with Crippen molar-refractivity contribution in [2.75, 3.05) is 13.1 Å². The van der Waals surface area contributed by atoms with Crippen molar-refractivity contribution >= 4 is 29.5 Å². The predicted molar refractivity (Wildman–Crippen MR) is 379 cm³/mol. The fourth-order valence-electron chi connectivity index (χ4n) is 8.46. The van der Waals surface area contributed by atoms with Crippen LogP contribution in [0.2, 0.25) is 0 Å². The van der Waals surface area contributed by atoms with Gasteiger partial charge in [-0.25, -0.2) is 0 Å². The Morgan fingerprint density at radius 2 is 0.545 bits per heavy atom. The molecule has 0 fully saturated rings. The number of allylic oxidation sites excluding steroid dienone is 36. The lowest BCUT2D eigenvalue weighted by molar-refractivity contribution is -0.144. The van der Waals surface area contributed by atoms with Gasteiger partial charge in [0.15, 0.2) is 5.78 Å². The molecule has 0 aliphatic rings. The quantitative estimate of drug-likeness (QED) is 0.0353. The molecule has 0 radical (unpaired) electrons. The number of aliphatic carboxylic acids is 1. The molecule has 0 aromatic heterocycles. The van der Waals surface area contributed by atoms with Crippen LogP contribution in [-0.4, -0.2) is 53.7 Å². The molecule has 2 atom stereocenters. The minimum absolute atomic E-state index is 0.0420. The van der Waals surface area contributed by atoms with Gasteiger partial charge in [0.2, 0.25) is 17.7 Å². The van der Waals surface area contributed by atoms with Crippen molar-refractivity contribution in [2.45, 2.75) is 226 Å². The number of unbranched alkanes of at least 4 members (excludes halogenated alkanes) is 2. The third-order valence-electron chi connectivity index (χ3n) is 13.5. The van der Waals surface area contributed by atoms with Crippen LogP contribution in [0.25, 0.3) is 0 Å². The molecule has 0 aromatic rings. The highest BCUT2D eigenvalue weighted by Gasteiger charge is 2.27. The first-order valence-corrected chi connectivity index (χ1v) is 33.5. The van der Waals surface area contributed by atoms with Crippen molar-refractivity contribution < 1.29 is 29.1 Å². The number of Topliss-reactive ketones (excluding diaryl/α,β-unsaturated/α-hetero) is 1. The van der Waals surface area contributed by atoms with Crippen LogP contribution in [0.5, 0.6) is 0 Å². The Hall–Kier alpha value is -7.13. The average Bonchev–Trinajstić information content (AvgIpc) is 3.57. The van der Waals surface area contributed by atoms with Crippen molar-refractivity contribution in [3.8, 4) is 0 Å². The van der Waals surface area contributed by atoms with E-state index in [0.717, 1.165) is 116 Å². The van der Waals surface area contributed by atoms with Gasteiger partial charge in [-0.2, -0.15) is 0 Å². The van der Waals surface area contributed by atoms with Crippen LogP contribution in [0.3, 0.4) is 0 Å². The van der Waals surface area contributed by atoms with E-state index in [0.29, 0.717) is 77.3 Å². The molecule has 0 heterocycles. The average molecular weight is 1200 g/mol. The number of ketones is 1. The van der Waals surface area contributed by atoms with Crippen molar-refractivity contribution in [3.05, 3.63) is 219 Å². The summed E-state index contributed by atoms with van der Waals surface area (Å²) in [5, 5.41) is 19.0. The molecule has 0 aromatic carbocycles. The topological polar surface area (TPSA) is 142 Å². The van der Waals surface area contributed by atoms with E-state index in [1.807, 2.05) is 24.3 Å². The minimum Gasteiger partial charge on any atom is -0.481 e. The van der Waals surface area contributed by atoms with Crippen LogP contribution in [0.15, 0.2) is 219 Å². The Kier molecular flexibility index (Phi) is 61.9. The number of hydrogen-bond donors (Lipinski definition) is 4. The highest BCUT2D eigenvalue weighted by Crippen LogP contribution is 2.17. The summed E-state index contributed by atoms with van der Waals surface area (Å²) in [7, 11) is 0. The van der Waals surface area contributed by atoms with Gasteiger partial charge in [-0.05, 0) is 167 Å². The van der Waals surface area contributed by atoms with E-state index in [9.17, 15) is 29.1 Å². The summed E-state index contributed by atoms with van der Waals surface area (Å²) in [5.74, 6) is -2.62. The van der Waals surface area contributed by atoms with Crippen LogP contribution in [-0.2, 0) is 24.0 Å². The van der Waals surface area contributed by atoms with Gasteiger partial charge in [-0.3, -0.25) is 24.0 Å². The molecule has 0 rings (SSSR count). The first-order valence-electron chi connectivity index (χ1n) is 33.5. The smallest absolute Gasteiger partial charge is 0.306 e. The Labute approximate surface area is 535 Å². The maximum Gasteiger partial charge on any atom is 0.306 e. The van der Waals surface area contributed by atoms with E-state index >= 15 is 0 Å². The first kappa shape index (κ1) is 80.9. The number of carbonyl (C=O) groups is 5. The van der Waals surface area contributed by atoms with Gasteiger partial charge in [0.1, 0.15) is 0 Å². The third-order valence-corrected chi connectivity index (χ3v) is 13.5. The number of carboxylic acid groups (broad SMARTS) is 1. The van der Waals surface area contributed by atoms with Gasteiger partial charge in [-0.15, -0.1) is 0 Å². The van der Waals surface area contributed by atoms with Crippen LogP contribution in [0, 0.1) is 5.92 Å². The highest BCUT2D eigenvalue weighted by molar-refractivity contribution is 5.91. The van der Waals surface area contributed by atoms with Gasteiger partial charge in [-0.1, -0.05) is 246 Å². The van der Waals surface area contributed by atoms with Crippen LogP contribution in [0.4, 0.5) is 0 Å². The molecular formula is C79H117N3O6. The van der Waals surface area contributed by atoms with Gasteiger partial charge in [0, 0.05) is 38.8 Å². The second-order valence-electron chi connectivity index (χ2n) is 21.4. The van der Waals surface area contributed by atoms with Gasteiger partial charge in [0.05, 0.1) is 12.0 Å². The normalized spacial score (nSPS) is 13.8. The lowest BCUT2D eigenvalue weighted by Crippen LogP contribution is -2.42. The third kappa shape index (κ3) is 61.9. The predicted octanol–water partition coefficient (Wildman–Crippen LogP) is 20.1. The maximum absolute atomic E-state index is 13.8. The van der Waals surface area contributed by atoms with E-state index in [4.69, 9.17) is 0 Å². The van der Waals surface area contributed by atoms with E-state index in [1.165, 1.54) is 0 Å². The largest absolute Gasteiger partial charge is 0.481 e. The molecule has 0 aliphatic heterocycles. The Morgan fingerprint density at radius 3 is 0.807 bits per heavy atom. The van der Waals surface area contributed by atoms with Crippen molar-refractivity contribution in [1.29, 1.82) is 0 Å². The fourth-order valence-corrected chi connectivity index (χ4v) is 8.46. The van der Waals surface area contributed by atoms with Crippen molar-refractivity contribution in [2.24, 2.45) is 5.92 Å². The summed E-state index contributed by atoms with van der Waals surface area (Å²) < 4.78 is 0. The first-order chi connectivity index (χ1) is 43.2. The van der Waals surface area contributed by atoms with Crippen LogP contribution in [0.1, 0.15) is 220 Å². The van der Waals surface area contributed by atoms with Crippen LogP contribution >= 0.6 is 0 Å². The molecule has 4 N–H and O–H groups in total. The second kappa shape index (κ2) is 67.4. The van der Waals surface area contributed by atoms with Crippen molar-refractivity contribution in [1.82, 2.24) is 16.0 Å². The molecule has 3 amide bonds. The Bertz CT molecular complexity index is 2340. The summed E-state index contributed by atoms with van der Waals surface area (Å²) in [4.78, 5) is 64.5. The molecule has 0 bridgehead atoms. The molecule has 484 valence electrons.